The SMILES string of the molecule is O=[N+]([O-])c1ccc(N2CCOC(c3ccccc3Br)C2)c2ncccc12. The molecular weight excluding hydrogens is 398 g/mol. The normalized spacial score (nSPS) is 17.4. The molecule has 1 fully saturated rings. The number of halogens is 1. The molecule has 0 aliphatic carbocycles. The number of hydrogen-bond donors (Lipinski definition) is 0. The molecule has 6 nitrogen and oxygen atoms in total. The van der Waals surface area contributed by atoms with Crippen LogP contribution < -0.4 is 4.90 Å². The first-order valence-electron chi connectivity index (χ1n) is 8.28. The maximum Gasteiger partial charge on any atom is 0.278 e. The average molecular weight is 414 g/mol. The van der Waals surface area contributed by atoms with Crippen LogP contribution in [0.2, 0.25) is 0 Å². The lowest BCUT2D eigenvalue weighted by Gasteiger charge is -2.35. The van der Waals surface area contributed by atoms with Crippen LogP contribution in [-0.2, 0) is 4.74 Å². The van der Waals surface area contributed by atoms with Gasteiger partial charge < -0.3 is 9.64 Å². The minimum atomic E-state index is -0.364. The maximum absolute atomic E-state index is 11.3. The Morgan fingerprint density at radius 1 is 1.19 bits per heavy atom. The molecule has 1 unspecified atom stereocenters. The molecule has 1 atom stereocenters. The third-order valence-corrected chi connectivity index (χ3v) is 5.30. The van der Waals surface area contributed by atoms with Crippen molar-refractivity contribution in [1.82, 2.24) is 4.98 Å². The molecule has 1 saturated heterocycles. The summed E-state index contributed by atoms with van der Waals surface area (Å²) in [5.41, 5.74) is 2.71. The molecule has 4 rings (SSSR count). The predicted octanol–water partition coefficient (Wildman–Crippen LogP) is 4.48. The van der Waals surface area contributed by atoms with Gasteiger partial charge in [-0.3, -0.25) is 15.1 Å². The van der Waals surface area contributed by atoms with Crippen LogP contribution in [0.5, 0.6) is 0 Å². The van der Waals surface area contributed by atoms with Gasteiger partial charge in [0.05, 0.1) is 22.6 Å². The summed E-state index contributed by atoms with van der Waals surface area (Å²) in [6, 6.07) is 14.8. The fraction of sp³-hybridized carbons (Fsp3) is 0.211. The van der Waals surface area contributed by atoms with Crippen molar-refractivity contribution in [3.63, 3.8) is 0 Å². The Kier molecular flexibility index (Phi) is 4.57. The number of nitro groups is 1. The van der Waals surface area contributed by atoms with E-state index in [0.717, 1.165) is 15.7 Å². The van der Waals surface area contributed by atoms with Crippen molar-refractivity contribution in [3.05, 3.63) is 74.9 Å². The van der Waals surface area contributed by atoms with Gasteiger partial charge in [0.25, 0.3) is 5.69 Å². The standard InChI is InChI=1S/C19H16BrN3O3/c20-15-6-2-1-4-13(15)18-12-22(10-11-26-18)17-8-7-16(23(24)25)14-5-3-9-21-19(14)17/h1-9,18H,10-12H2. The van der Waals surface area contributed by atoms with Crippen molar-refractivity contribution in [1.29, 1.82) is 0 Å². The summed E-state index contributed by atoms with van der Waals surface area (Å²) < 4.78 is 6.98. The van der Waals surface area contributed by atoms with Crippen LogP contribution in [-0.4, -0.2) is 29.6 Å². The van der Waals surface area contributed by atoms with Crippen molar-refractivity contribution in [2.75, 3.05) is 24.6 Å². The van der Waals surface area contributed by atoms with Crippen molar-refractivity contribution in [2.45, 2.75) is 6.10 Å². The van der Waals surface area contributed by atoms with Gasteiger partial charge in [0.15, 0.2) is 0 Å². The molecule has 26 heavy (non-hydrogen) atoms. The topological polar surface area (TPSA) is 68.5 Å². The zero-order valence-corrected chi connectivity index (χ0v) is 15.4. The summed E-state index contributed by atoms with van der Waals surface area (Å²) in [4.78, 5) is 17.6. The first kappa shape index (κ1) is 16.9. The Morgan fingerprint density at radius 3 is 2.85 bits per heavy atom. The van der Waals surface area contributed by atoms with Crippen LogP contribution in [0.25, 0.3) is 10.9 Å². The van der Waals surface area contributed by atoms with E-state index in [9.17, 15) is 10.1 Å². The summed E-state index contributed by atoms with van der Waals surface area (Å²) >= 11 is 3.59. The molecule has 0 amide bonds. The van der Waals surface area contributed by atoms with E-state index in [-0.39, 0.29) is 16.7 Å². The molecular formula is C19H16BrN3O3. The van der Waals surface area contributed by atoms with Gasteiger partial charge in [0.1, 0.15) is 11.6 Å². The monoisotopic (exact) mass is 413 g/mol. The van der Waals surface area contributed by atoms with E-state index in [4.69, 9.17) is 4.74 Å². The van der Waals surface area contributed by atoms with E-state index < -0.39 is 0 Å². The number of nitrogens with zero attached hydrogens (tertiary/aromatic N) is 3. The number of rotatable bonds is 3. The lowest BCUT2D eigenvalue weighted by Crippen LogP contribution is -2.38. The molecule has 132 valence electrons. The summed E-state index contributed by atoms with van der Waals surface area (Å²) in [5, 5.41) is 11.9. The second-order valence-corrected chi connectivity index (χ2v) is 6.94. The molecule has 0 radical (unpaired) electrons. The number of aromatic nitrogens is 1. The molecule has 3 aromatic rings. The molecule has 0 bridgehead atoms. The van der Waals surface area contributed by atoms with Crippen LogP contribution in [0.15, 0.2) is 59.2 Å². The summed E-state index contributed by atoms with van der Waals surface area (Å²) in [6.07, 6.45) is 1.59. The van der Waals surface area contributed by atoms with E-state index in [1.54, 1.807) is 30.5 Å². The van der Waals surface area contributed by atoms with Gasteiger partial charge in [-0.05, 0) is 29.8 Å². The van der Waals surface area contributed by atoms with E-state index in [2.05, 4.69) is 25.8 Å². The Bertz CT molecular complexity index is 979. The van der Waals surface area contributed by atoms with Gasteiger partial charge >= 0.3 is 0 Å². The molecule has 1 aliphatic rings. The summed E-state index contributed by atoms with van der Waals surface area (Å²) in [5.74, 6) is 0. The number of fused-ring (bicyclic) bond motifs is 1. The van der Waals surface area contributed by atoms with E-state index in [0.29, 0.717) is 30.6 Å². The van der Waals surface area contributed by atoms with Crippen LogP contribution in [0.4, 0.5) is 11.4 Å². The highest BCUT2D eigenvalue weighted by molar-refractivity contribution is 9.10. The van der Waals surface area contributed by atoms with E-state index in [1.165, 1.54) is 0 Å². The number of non-ortho nitro benzene ring substituents is 1. The Balaban J connectivity index is 1.73. The van der Waals surface area contributed by atoms with E-state index in [1.807, 2.05) is 24.3 Å². The van der Waals surface area contributed by atoms with Gasteiger partial charge in [-0.1, -0.05) is 34.1 Å². The van der Waals surface area contributed by atoms with Crippen molar-refractivity contribution < 1.29 is 9.66 Å². The molecule has 0 spiro atoms. The van der Waals surface area contributed by atoms with Crippen LogP contribution in [0.3, 0.4) is 0 Å². The van der Waals surface area contributed by atoms with Crippen molar-refractivity contribution in [2.24, 2.45) is 0 Å². The van der Waals surface area contributed by atoms with Crippen LogP contribution in [0, 0.1) is 10.1 Å². The van der Waals surface area contributed by atoms with Crippen molar-refractivity contribution in [3.8, 4) is 0 Å². The maximum atomic E-state index is 11.3. The number of benzene rings is 2. The minimum absolute atomic E-state index is 0.0757. The second kappa shape index (κ2) is 7.01. The Hall–Kier alpha value is -2.51. The molecule has 2 heterocycles. The smallest absolute Gasteiger partial charge is 0.278 e. The van der Waals surface area contributed by atoms with Gasteiger partial charge in [0, 0.05) is 29.8 Å². The highest BCUT2D eigenvalue weighted by Crippen LogP contribution is 2.35. The average Bonchev–Trinajstić information content (AvgIpc) is 2.67. The first-order valence-corrected chi connectivity index (χ1v) is 9.07. The van der Waals surface area contributed by atoms with Crippen LogP contribution >= 0.6 is 15.9 Å². The zero-order valence-electron chi connectivity index (χ0n) is 13.8. The molecule has 7 heteroatoms. The number of ether oxygens (including phenoxy) is 1. The van der Waals surface area contributed by atoms with Crippen molar-refractivity contribution >= 4 is 38.2 Å². The first-order chi connectivity index (χ1) is 12.6. The van der Waals surface area contributed by atoms with E-state index >= 15 is 0 Å². The number of anilines is 1. The van der Waals surface area contributed by atoms with Gasteiger partial charge in [-0.25, -0.2) is 0 Å². The highest BCUT2D eigenvalue weighted by atomic mass is 79.9. The fourth-order valence-electron chi connectivity index (χ4n) is 3.35. The lowest BCUT2D eigenvalue weighted by atomic mass is 10.1. The second-order valence-electron chi connectivity index (χ2n) is 6.09. The quantitative estimate of drug-likeness (QED) is 0.467. The fourth-order valence-corrected chi connectivity index (χ4v) is 3.89. The molecule has 1 aromatic heterocycles. The Morgan fingerprint density at radius 2 is 2.04 bits per heavy atom. The lowest BCUT2D eigenvalue weighted by molar-refractivity contribution is -0.383. The van der Waals surface area contributed by atoms with Gasteiger partial charge in [0.2, 0.25) is 0 Å². The highest BCUT2D eigenvalue weighted by Gasteiger charge is 2.26. The molecule has 0 N–H and O–H groups in total. The third kappa shape index (κ3) is 3.04. The minimum Gasteiger partial charge on any atom is -0.370 e. The zero-order chi connectivity index (χ0) is 18.1. The van der Waals surface area contributed by atoms with Gasteiger partial charge in [-0.15, -0.1) is 0 Å². The molecule has 2 aromatic carbocycles. The number of nitro benzene ring substituents is 1. The number of hydrogen-bond acceptors (Lipinski definition) is 5. The number of pyridine rings is 1. The van der Waals surface area contributed by atoms with Gasteiger partial charge in [-0.2, -0.15) is 0 Å². The number of morpholine rings is 1. The van der Waals surface area contributed by atoms with Crippen LogP contribution in [0.1, 0.15) is 11.7 Å². The molecule has 0 saturated carbocycles. The summed E-state index contributed by atoms with van der Waals surface area (Å²) in [6.45, 7) is 1.95. The third-order valence-electron chi connectivity index (χ3n) is 4.58. The largest absolute Gasteiger partial charge is 0.370 e. The molecule has 1 aliphatic heterocycles. The Labute approximate surface area is 158 Å². The predicted molar refractivity (Wildman–Crippen MR) is 103 cm³/mol. The summed E-state index contributed by atoms with van der Waals surface area (Å²) in [7, 11) is 0.